The molecule has 2 heterocycles. The van der Waals surface area contributed by atoms with Crippen LogP contribution < -0.4 is 10.1 Å². The van der Waals surface area contributed by atoms with Gasteiger partial charge in [-0.2, -0.15) is 8.78 Å². The first-order valence-corrected chi connectivity index (χ1v) is 7.84. The Kier molecular flexibility index (Phi) is 4.70. The van der Waals surface area contributed by atoms with E-state index in [9.17, 15) is 18.0 Å². The number of halogens is 3. The number of amides is 1. The van der Waals surface area contributed by atoms with Gasteiger partial charge in [0.05, 0.1) is 17.7 Å². The zero-order valence-electron chi connectivity index (χ0n) is 12.2. The number of aromatic nitrogens is 2. The molecule has 0 unspecified atom stereocenters. The van der Waals surface area contributed by atoms with Gasteiger partial charge >= 0.3 is 6.43 Å². The Bertz CT molecular complexity index is 849. The summed E-state index contributed by atoms with van der Waals surface area (Å²) in [5.74, 6) is -1.84. The van der Waals surface area contributed by atoms with Gasteiger partial charge in [0.1, 0.15) is 6.61 Å². The smallest absolute Gasteiger partial charge is 0.315 e. The van der Waals surface area contributed by atoms with E-state index < -0.39 is 18.1 Å². The topological polar surface area (TPSA) is 67.0 Å². The molecule has 3 rings (SSSR count). The van der Waals surface area contributed by atoms with E-state index in [0.717, 1.165) is 0 Å². The van der Waals surface area contributed by atoms with Crippen LogP contribution in [0.15, 0.2) is 29.1 Å². The molecule has 2 N–H and O–H groups in total. The van der Waals surface area contributed by atoms with E-state index in [1.165, 1.54) is 23.5 Å². The minimum Gasteiger partial charge on any atom is -0.484 e. The lowest BCUT2D eigenvalue weighted by atomic mass is 10.2. The Labute approximate surface area is 138 Å². The second-order valence-corrected chi connectivity index (χ2v) is 5.67. The molecule has 3 aromatic rings. The molecule has 0 spiro atoms. The van der Waals surface area contributed by atoms with Crippen molar-refractivity contribution in [2.24, 2.45) is 0 Å². The van der Waals surface area contributed by atoms with Gasteiger partial charge in [-0.3, -0.25) is 4.79 Å². The second-order valence-electron chi connectivity index (χ2n) is 4.95. The van der Waals surface area contributed by atoms with Crippen LogP contribution in [-0.4, -0.2) is 22.3 Å². The number of carbonyl (C=O) groups excluding carboxylic acids is 1. The molecule has 126 valence electrons. The largest absolute Gasteiger partial charge is 0.484 e. The van der Waals surface area contributed by atoms with Gasteiger partial charge < -0.3 is 15.0 Å². The van der Waals surface area contributed by atoms with E-state index in [1.807, 2.05) is 0 Å². The van der Waals surface area contributed by atoms with E-state index in [0.29, 0.717) is 22.3 Å². The van der Waals surface area contributed by atoms with Gasteiger partial charge in [0.25, 0.3) is 5.91 Å². The Morgan fingerprint density at radius 3 is 2.92 bits per heavy atom. The maximum Gasteiger partial charge on any atom is 0.315 e. The highest BCUT2D eigenvalue weighted by Gasteiger charge is 2.15. The highest BCUT2D eigenvalue weighted by molar-refractivity contribution is 7.07. The third kappa shape index (κ3) is 3.67. The third-order valence-electron chi connectivity index (χ3n) is 3.24. The first-order chi connectivity index (χ1) is 11.5. The van der Waals surface area contributed by atoms with Crippen LogP contribution in [-0.2, 0) is 17.9 Å². The molecule has 0 saturated heterocycles. The Morgan fingerprint density at radius 2 is 2.21 bits per heavy atom. The molecule has 9 heteroatoms. The average Bonchev–Trinajstić information content (AvgIpc) is 3.19. The molecule has 24 heavy (non-hydrogen) atoms. The van der Waals surface area contributed by atoms with Crippen molar-refractivity contribution in [3.05, 3.63) is 46.3 Å². The SMILES string of the molecule is O=C(NCc1cc2cc(F)c(OCc3cscn3)cc2[nH]1)C(F)F. The lowest BCUT2D eigenvalue weighted by Gasteiger charge is -2.05. The first kappa shape index (κ1) is 16.3. The molecule has 1 aromatic carbocycles. The highest BCUT2D eigenvalue weighted by Crippen LogP contribution is 2.26. The lowest BCUT2D eigenvalue weighted by molar-refractivity contribution is -0.131. The zero-order valence-corrected chi connectivity index (χ0v) is 13.0. The van der Waals surface area contributed by atoms with Gasteiger partial charge in [-0.1, -0.05) is 0 Å². The predicted molar refractivity (Wildman–Crippen MR) is 82.6 cm³/mol. The number of thiazole rings is 1. The number of aromatic amines is 1. The normalized spacial score (nSPS) is 11.2. The molecule has 0 atom stereocenters. The predicted octanol–water partition coefficient (Wildman–Crippen LogP) is 3.22. The molecule has 0 aliphatic carbocycles. The number of fused-ring (bicyclic) bond motifs is 1. The van der Waals surface area contributed by atoms with Crippen molar-refractivity contribution in [2.45, 2.75) is 19.6 Å². The fraction of sp³-hybridized carbons (Fsp3) is 0.200. The number of alkyl halides is 2. The van der Waals surface area contributed by atoms with Crippen molar-refractivity contribution in [3.8, 4) is 5.75 Å². The Balaban J connectivity index is 1.73. The van der Waals surface area contributed by atoms with Gasteiger partial charge in [-0.15, -0.1) is 11.3 Å². The number of benzene rings is 1. The van der Waals surface area contributed by atoms with Crippen molar-refractivity contribution >= 4 is 28.1 Å². The summed E-state index contributed by atoms with van der Waals surface area (Å²) in [5.41, 5.74) is 3.41. The summed E-state index contributed by atoms with van der Waals surface area (Å²) >= 11 is 1.42. The molecule has 0 aliphatic heterocycles. The highest BCUT2D eigenvalue weighted by atomic mass is 32.1. The molecule has 1 amide bonds. The number of nitrogens with one attached hydrogen (secondary N) is 2. The number of H-pyrrole nitrogens is 1. The minimum atomic E-state index is -3.07. The van der Waals surface area contributed by atoms with Gasteiger partial charge in [0, 0.05) is 28.0 Å². The second kappa shape index (κ2) is 6.91. The molecular formula is C15H12F3N3O2S. The number of carbonyl (C=O) groups is 1. The fourth-order valence-corrected chi connectivity index (χ4v) is 2.66. The number of nitrogens with zero attached hydrogens (tertiary/aromatic N) is 1. The van der Waals surface area contributed by atoms with Crippen LogP contribution in [0.25, 0.3) is 10.9 Å². The third-order valence-corrected chi connectivity index (χ3v) is 3.87. The Morgan fingerprint density at radius 1 is 1.38 bits per heavy atom. The van der Waals surface area contributed by atoms with Crippen LogP contribution in [0.2, 0.25) is 0 Å². The van der Waals surface area contributed by atoms with Crippen LogP contribution in [0.3, 0.4) is 0 Å². The zero-order chi connectivity index (χ0) is 17.1. The lowest BCUT2D eigenvalue weighted by Crippen LogP contribution is -2.28. The van der Waals surface area contributed by atoms with Crippen LogP contribution in [0.4, 0.5) is 13.2 Å². The summed E-state index contributed by atoms with van der Waals surface area (Å²) in [5, 5.41) is 4.43. The summed E-state index contributed by atoms with van der Waals surface area (Å²) in [6.07, 6.45) is -3.07. The van der Waals surface area contributed by atoms with E-state index in [-0.39, 0.29) is 18.9 Å². The number of hydrogen-bond acceptors (Lipinski definition) is 4. The standard InChI is InChI=1S/C15H12F3N3O2S/c16-11-2-8-1-9(4-19-15(22)14(17)18)21-12(8)3-13(11)23-5-10-6-24-7-20-10/h1-3,6-7,14,21H,4-5H2,(H,19,22). The summed E-state index contributed by atoms with van der Waals surface area (Å²) in [4.78, 5) is 17.9. The van der Waals surface area contributed by atoms with Crippen molar-refractivity contribution in [1.82, 2.24) is 15.3 Å². The summed E-state index contributed by atoms with van der Waals surface area (Å²) < 4.78 is 43.8. The van der Waals surface area contributed by atoms with Crippen LogP contribution in [0, 0.1) is 5.82 Å². The van der Waals surface area contributed by atoms with Crippen LogP contribution >= 0.6 is 11.3 Å². The van der Waals surface area contributed by atoms with Gasteiger partial charge in [-0.05, 0) is 12.1 Å². The summed E-state index contributed by atoms with van der Waals surface area (Å²) in [6.45, 7) is 0.0401. The monoisotopic (exact) mass is 355 g/mol. The van der Waals surface area contributed by atoms with E-state index in [2.05, 4.69) is 15.3 Å². The average molecular weight is 355 g/mol. The molecule has 2 aromatic heterocycles. The molecule has 0 radical (unpaired) electrons. The number of ether oxygens (including phenoxy) is 1. The van der Waals surface area contributed by atoms with Crippen molar-refractivity contribution in [2.75, 3.05) is 0 Å². The summed E-state index contributed by atoms with van der Waals surface area (Å²) in [7, 11) is 0. The molecule has 0 saturated carbocycles. The fourth-order valence-electron chi connectivity index (χ4n) is 2.12. The molecule has 0 fully saturated rings. The molecule has 5 nitrogen and oxygen atoms in total. The number of hydrogen-bond donors (Lipinski definition) is 2. The van der Waals surface area contributed by atoms with E-state index in [1.54, 1.807) is 17.0 Å². The summed E-state index contributed by atoms with van der Waals surface area (Å²) in [6, 6.07) is 4.34. The minimum absolute atomic E-state index is 0.0560. The van der Waals surface area contributed by atoms with E-state index >= 15 is 0 Å². The number of rotatable bonds is 6. The maximum atomic E-state index is 14.1. The van der Waals surface area contributed by atoms with Gasteiger partial charge in [0.15, 0.2) is 11.6 Å². The van der Waals surface area contributed by atoms with Gasteiger partial charge in [-0.25, -0.2) is 9.37 Å². The quantitative estimate of drug-likeness (QED) is 0.713. The van der Waals surface area contributed by atoms with Gasteiger partial charge in [0.2, 0.25) is 0 Å². The van der Waals surface area contributed by atoms with Crippen LogP contribution in [0.1, 0.15) is 11.4 Å². The van der Waals surface area contributed by atoms with E-state index in [4.69, 9.17) is 4.74 Å². The molecule has 0 bridgehead atoms. The maximum absolute atomic E-state index is 14.1. The molecule has 0 aliphatic rings. The van der Waals surface area contributed by atoms with Crippen molar-refractivity contribution in [3.63, 3.8) is 0 Å². The van der Waals surface area contributed by atoms with Crippen molar-refractivity contribution < 1.29 is 22.7 Å². The van der Waals surface area contributed by atoms with Crippen molar-refractivity contribution in [1.29, 1.82) is 0 Å². The molecular weight excluding hydrogens is 343 g/mol. The van der Waals surface area contributed by atoms with Crippen LogP contribution in [0.5, 0.6) is 5.75 Å². The first-order valence-electron chi connectivity index (χ1n) is 6.90. The Hall–Kier alpha value is -2.55.